The lowest BCUT2D eigenvalue weighted by Crippen LogP contribution is -2.37. The third-order valence-corrected chi connectivity index (χ3v) is 4.77. The first kappa shape index (κ1) is 14.2. The zero-order valence-corrected chi connectivity index (χ0v) is 12.8. The van der Waals surface area contributed by atoms with Crippen molar-refractivity contribution in [1.82, 2.24) is 4.90 Å². The predicted molar refractivity (Wildman–Crippen MR) is 86.1 cm³/mol. The lowest BCUT2D eigenvalue weighted by atomic mass is 10.0. The molecule has 2 aliphatic rings. The summed E-state index contributed by atoms with van der Waals surface area (Å²) in [5, 5.41) is 10.1. The van der Waals surface area contributed by atoms with Crippen molar-refractivity contribution >= 4 is 28.9 Å². The molecule has 1 unspecified atom stereocenters. The first-order valence-corrected chi connectivity index (χ1v) is 8.00. The van der Waals surface area contributed by atoms with Gasteiger partial charge in [-0.05, 0) is 54.3 Å². The van der Waals surface area contributed by atoms with E-state index in [0.717, 1.165) is 30.2 Å². The van der Waals surface area contributed by atoms with E-state index in [1.165, 1.54) is 18.2 Å². The summed E-state index contributed by atoms with van der Waals surface area (Å²) in [7, 11) is 0. The quantitative estimate of drug-likeness (QED) is 0.810. The number of aromatic hydroxyl groups is 1. The first-order chi connectivity index (χ1) is 10.1. The topological polar surface area (TPSA) is 52.9 Å². The number of amidine groups is 1. The normalized spacial score (nSPS) is 24.5. The number of phenols is 1. The van der Waals surface area contributed by atoms with Crippen LogP contribution in [0.25, 0.3) is 6.08 Å². The van der Waals surface area contributed by atoms with Crippen molar-refractivity contribution in [2.45, 2.75) is 19.8 Å². The Bertz CT molecular complexity index is 607. The van der Waals surface area contributed by atoms with Crippen LogP contribution in [0.1, 0.15) is 25.3 Å². The summed E-state index contributed by atoms with van der Waals surface area (Å²) in [6, 6.07) is 6.81. The van der Waals surface area contributed by atoms with Gasteiger partial charge in [0, 0.05) is 13.1 Å². The number of phenolic OH excluding ortho intramolecular Hbond substituents is 1. The van der Waals surface area contributed by atoms with Gasteiger partial charge in [-0.2, -0.15) is 4.99 Å². The van der Waals surface area contributed by atoms with Crippen LogP contribution in [0.2, 0.25) is 0 Å². The summed E-state index contributed by atoms with van der Waals surface area (Å²) in [5.41, 5.74) is 0.895. The van der Waals surface area contributed by atoms with E-state index in [-0.39, 0.29) is 11.7 Å². The lowest BCUT2D eigenvalue weighted by Gasteiger charge is -2.31. The molecule has 0 aromatic heterocycles. The molecule has 1 aromatic carbocycles. The van der Waals surface area contributed by atoms with Gasteiger partial charge in [0.2, 0.25) is 0 Å². The van der Waals surface area contributed by atoms with Crippen molar-refractivity contribution in [3.63, 3.8) is 0 Å². The van der Waals surface area contributed by atoms with E-state index in [0.29, 0.717) is 10.8 Å². The number of benzene rings is 1. The number of likely N-dealkylation sites (tertiary alicyclic amines) is 1. The highest BCUT2D eigenvalue weighted by molar-refractivity contribution is 8.18. The maximum Gasteiger partial charge on any atom is 0.286 e. The molecule has 2 aliphatic heterocycles. The minimum Gasteiger partial charge on any atom is -0.508 e. The van der Waals surface area contributed by atoms with Gasteiger partial charge in [-0.1, -0.05) is 19.1 Å². The van der Waals surface area contributed by atoms with Gasteiger partial charge in [0.15, 0.2) is 5.17 Å². The summed E-state index contributed by atoms with van der Waals surface area (Å²) in [4.78, 5) is 19.1. The molecule has 1 fully saturated rings. The van der Waals surface area contributed by atoms with Crippen molar-refractivity contribution in [3.05, 3.63) is 34.7 Å². The van der Waals surface area contributed by atoms with Crippen molar-refractivity contribution < 1.29 is 9.90 Å². The molecule has 0 saturated carbocycles. The molecule has 1 atom stereocenters. The third kappa shape index (κ3) is 3.29. The fourth-order valence-corrected chi connectivity index (χ4v) is 3.57. The molecule has 2 heterocycles. The zero-order valence-electron chi connectivity index (χ0n) is 12.0. The highest BCUT2D eigenvalue weighted by Crippen LogP contribution is 2.32. The van der Waals surface area contributed by atoms with E-state index in [9.17, 15) is 9.90 Å². The van der Waals surface area contributed by atoms with E-state index in [1.54, 1.807) is 24.3 Å². The highest BCUT2D eigenvalue weighted by Gasteiger charge is 2.28. The average molecular weight is 302 g/mol. The molecule has 0 bridgehead atoms. The lowest BCUT2D eigenvalue weighted by molar-refractivity contribution is -0.113. The Morgan fingerprint density at radius 1 is 1.38 bits per heavy atom. The Hall–Kier alpha value is -1.75. The maximum absolute atomic E-state index is 12.0. The van der Waals surface area contributed by atoms with Crippen LogP contribution in [0.15, 0.2) is 34.2 Å². The van der Waals surface area contributed by atoms with E-state index >= 15 is 0 Å². The molecular formula is C16H18N2O2S. The minimum atomic E-state index is -0.165. The molecule has 0 radical (unpaired) electrons. The van der Waals surface area contributed by atoms with Crippen LogP contribution in [-0.4, -0.2) is 34.2 Å². The molecule has 1 N–H and O–H groups in total. The van der Waals surface area contributed by atoms with Gasteiger partial charge in [-0.25, -0.2) is 0 Å². The minimum absolute atomic E-state index is 0.165. The number of rotatable bonds is 1. The van der Waals surface area contributed by atoms with Crippen LogP contribution in [0.5, 0.6) is 5.75 Å². The summed E-state index contributed by atoms with van der Waals surface area (Å²) >= 11 is 1.45. The number of hydrogen-bond donors (Lipinski definition) is 1. The molecule has 110 valence electrons. The van der Waals surface area contributed by atoms with Gasteiger partial charge in [-0.3, -0.25) is 4.79 Å². The molecule has 21 heavy (non-hydrogen) atoms. The molecule has 1 saturated heterocycles. The molecule has 4 nitrogen and oxygen atoms in total. The van der Waals surface area contributed by atoms with Gasteiger partial charge in [0.1, 0.15) is 5.75 Å². The van der Waals surface area contributed by atoms with Crippen LogP contribution < -0.4 is 0 Å². The number of carbonyl (C=O) groups is 1. The van der Waals surface area contributed by atoms with Crippen molar-refractivity contribution in [2.75, 3.05) is 13.1 Å². The Morgan fingerprint density at radius 3 is 2.86 bits per heavy atom. The van der Waals surface area contributed by atoms with Gasteiger partial charge < -0.3 is 10.0 Å². The van der Waals surface area contributed by atoms with Crippen LogP contribution in [0, 0.1) is 5.92 Å². The number of amides is 1. The Kier molecular flexibility index (Phi) is 4.01. The highest BCUT2D eigenvalue weighted by atomic mass is 32.2. The average Bonchev–Trinajstić information content (AvgIpc) is 2.83. The monoisotopic (exact) mass is 302 g/mol. The van der Waals surface area contributed by atoms with E-state index < -0.39 is 0 Å². The molecule has 1 aromatic rings. The molecule has 1 amide bonds. The fourth-order valence-electron chi connectivity index (χ4n) is 2.62. The van der Waals surface area contributed by atoms with Crippen molar-refractivity contribution in [3.8, 4) is 5.75 Å². The van der Waals surface area contributed by atoms with E-state index in [4.69, 9.17) is 0 Å². The molecule has 0 spiro atoms. The van der Waals surface area contributed by atoms with Gasteiger partial charge in [0.25, 0.3) is 5.91 Å². The van der Waals surface area contributed by atoms with Gasteiger partial charge in [-0.15, -0.1) is 0 Å². The first-order valence-electron chi connectivity index (χ1n) is 7.18. The number of nitrogens with zero attached hydrogens (tertiary/aromatic N) is 2. The van der Waals surface area contributed by atoms with Crippen LogP contribution >= 0.6 is 11.8 Å². The van der Waals surface area contributed by atoms with E-state index in [2.05, 4.69) is 16.8 Å². The van der Waals surface area contributed by atoms with Crippen LogP contribution in [-0.2, 0) is 4.79 Å². The Labute approximate surface area is 128 Å². The predicted octanol–water partition coefficient (Wildman–Crippen LogP) is 3.09. The molecular weight excluding hydrogens is 284 g/mol. The van der Waals surface area contributed by atoms with Crippen LogP contribution in [0.4, 0.5) is 0 Å². The second-order valence-corrected chi connectivity index (χ2v) is 6.60. The number of thioether (sulfide) groups is 1. The van der Waals surface area contributed by atoms with Gasteiger partial charge >= 0.3 is 0 Å². The summed E-state index contributed by atoms with van der Waals surface area (Å²) in [6.07, 6.45) is 4.24. The van der Waals surface area contributed by atoms with E-state index in [1.807, 2.05) is 6.08 Å². The fraction of sp³-hybridized carbons (Fsp3) is 0.375. The summed E-state index contributed by atoms with van der Waals surface area (Å²) < 4.78 is 0. The zero-order chi connectivity index (χ0) is 14.8. The summed E-state index contributed by atoms with van der Waals surface area (Å²) in [5.74, 6) is 0.713. The Balaban J connectivity index is 1.73. The number of hydrogen-bond acceptors (Lipinski definition) is 4. The largest absolute Gasteiger partial charge is 0.508 e. The van der Waals surface area contributed by atoms with Crippen molar-refractivity contribution in [2.24, 2.45) is 10.9 Å². The third-order valence-electron chi connectivity index (χ3n) is 3.73. The number of carbonyl (C=O) groups excluding carboxylic acids is 1. The number of piperidine rings is 1. The molecule has 5 heteroatoms. The second-order valence-electron chi connectivity index (χ2n) is 5.60. The van der Waals surface area contributed by atoms with Gasteiger partial charge in [0.05, 0.1) is 4.91 Å². The molecule has 3 rings (SSSR count). The van der Waals surface area contributed by atoms with Crippen molar-refractivity contribution in [1.29, 1.82) is 0 Å². The maximum atomic E-state index is 12.0. The molecule has 0 aliphatic carbocycles. The number of aliphatic imine (C=N–C) groups is 1. The van der Waals surface area contributed by atoms with Crippen LogP contribution in [0.3, 0.4) is 0 Å². The summed E-state index contributed by atoms with van der Waals surface area (Å²) in [6.45, 7) is 4.20. The SMILES string of the molecule is CC1CCCN(C2=NC(=O)C(=Cc3ccc(O)cc3)S2)C1. The smallest absolute Gasteiger partial charge is 0.286 e. The second kappa shape index (κ2) is 5.93. The Morgan fingerprint density at radius 2 is 2.14 bits per heavy atom. The standard InChI is InChI=1S/C16H18N2O2S/c1-11-3-2-8-18(10-11)16-17-15(20)14(21-16)9-12-4-6-13(19)7-5-12/h4-7,9,11,19H,2-3,8,10H2,1H3.